The molecule has 0 spiro atoms. The fraction of sp³-hybridized carbons (Fsp3) is 0.333. The molecule has 0 bridgehead atoms. The maximum Gasteiger partial charge on any atom is 1.00 e. The van der Waals surface area contributed by atoms with Gasteiger partial charge in [0.2, 0.25) is 0 Å². The SMILES string of the molecule is CC.CCN(C)c1cc2c(N)ncnc2c(-c2c(C)ccc(O)c2C)n1.[CH3-].[Cs+]. The fourth-order valence-corrected chi connectivity index (χ4v) is 2.80. The van der Waals surface area contributed by atoms with Crippen molar-refractivity contribution in [3.63, 3.8) is 0 Å². The Labute approximate surface area is 227 Å². The van der Waals surface area contributed by atoms with Gasteiger partial charge in [-0.05, 0) is 38.5 Å². The van der Waals surface area contributed by atoms with Crippen LogP contribution in [0.5, 0.6) is 5.75 Å². The van der Waals surface area contributed by atoms with Crippen LogP contribution in [0.3, 0.4) is 0 Å². The first-order valence-corrected chi connectivity index (χ1v) is 8.86. The number of fused-ring (bicyclic) bond motifs is 1. The Balaban J connectivity index is 0.00000177. The third-order valence-electron chi connectivity index (χ3n) is 4.39. The Hall–Kier alpha value is -0.838. The van der Waals surface area contributed by atoms with E-state index < -0.39 is 0 Å². The van der Waals surface area contributed by atoms with Gasteiger partial charge in [0.05, 0.1) is 5.69 Å². The molecule has 0 saturated carbocycles. The van der Waals surface area contributed by atoms with Gasteiger partial charge in [-0.1, -0.05) is 19.9 Å². The standard InChI is InChI=1S/C18H21N5O.C2H6.CH3.Cs/c1-5-23(4)14-8-12-16(20-9-21-18(12)19)17(22-14)15-10(2)6-7-13(24)11(15)3;1-2;;/h6-9,24H,5H2,1-4H3,(H2,19,20,21);1-2H3;1H3;/q;;-1;+1. The van der Waals surface area contributed by atoms with E-state index in [2.05, 4.69) is 16.9 Å². The summed E-state index contributed by atoms with van der Waals surface area (Å²) in [6.45, 7) is 10.7. The summed E-state index contributed by atoms with van der Waals surface area (Å²) >= 11 is 0. The molecule has 0 unspecified atom stereocenters. The number of pyridine rings is 1. The van der Waals surface area contributed by atoms with Gasteiger partial charge in [-0.15, -0.1) is 0 Å². The maximum absolute atomic E-state index is 10.1. The number of nitrogen functional groups attached to an aromatic ring is 1. The molecule has 0 aliphatic rings. The molecule has 1 aromatic carbocycles. The Kier molecular flexibility index (Phi) is 11.6. The van der Waals surface area contributed by atoms with E-state index in [9.17, 15) is 5.11 Å². The summed E-state index contributed by atoms with van der Waals surface area (Å²) in [5, 5.41) is 10.9. The van der Waals surface area contributed by atoms with Crippen molar-refractivity contribution in [1.82, 2.24) is 15.0 Å². The molecule has 0 fully saturated rings. The van der Waals surface area contributed by atoms with E-state index in [0.29, 0.717) is 17.0 Å². The monoisotopic (exact) mass is 501 g/mol. The minimum atomic E-state index is 0. The van der Waals surface area contributed by atoms with Crippen LogP contribution in [-0.4, -0.2) is 33.7 Å². The number of hydrogen-bond acceptors (Lipinski definition) is 6. The normalized spacial score (nSPS) is 9.64. The Morgan fingerprint density at radius 3 is 2.39 bits per heavy atom. The number of benzene rings is 1. The molecule has 0 atom stereocenters. The third-order valence-corrected chi connectivity index (χ3v) is 4.39. The van der Waals surface area contributed by atoms with E-state index in [1.165, 1.54) is 6.33 Å². The average Bonchev–Trinajstić information content (AvgIpc) is 2.66. The Morgan fingerprint density at radius 2 is 1.79 bits per heavy atom. The number of nitrogens with two attached hydrogens (primary N) is 1. The van der Waals surface area contributed by atoms with Gasteiger partial charge in [0.15, 0.2) is 0 Å². The smallest absolute Gasteiger partial charge is 0.508 e. The number of phenols is 1. The minimum absolute atomic E-state index is 0. The van der Waals surface area contributed by atoms with Crippen molar-refractivity contribution >= 4 is 22.5 Å². The van der Waals surface area contributed by atoms with Crippen molar-refractivity contribution in [3.8, 4) is 17.0 Å². The first-order valence-electron chi connectivity index (χ1n) is 8.86. The predicted molar refractivity (Wildman–Crippen MR) is 115 cm³/mol. The van der Waals surface area contributed by atoms with Crippen LogP contribution in [0.25, 0.3) is 22.2 Å². The van der Waals surface area contributed by atoms with Crippen LogP contribution in [0.4, 0.5) is 11.6 Å². The quantitative estimate of drug-likeness (QED) is 0.530. The van der Waals surface area contributed by atoms with Crippen molar-refractivity contribution in [2.45, 2.75) is 34.6 Å². The Morgan fingerprint density at radius 1 is 1.14 bits per heavy atom. The molecular weight excluding hydrogens is 471 g/mol. The molecular formula is C21H30CsN5O. The fourth-order valence-electron chi connectivity index (χ4n) is 2.80. The van der Waals surface area contributed by atoms with E-state index >= 15 is 0 Å². The van der Waals surface area contributed by atoms with E-state index in [0.717, 1.165) is 34.4 Å². The molecule has 3 N–H and O–H groups in total. The number of aryl methyl sites for hydroxylation is 1. The molecule has 2 aromatic heterocycles. The minimum Gasteiger partial charge on any atom is -0.508 e. The molecule has 3 aromatic rings. The first kappa shape index (κ1) is 27.2. The number of anilines is 2. The van der Waals surface area contributed by atoms with Gasteiger partial charge < -0.3 is 23.2 Å². The number of nitrogens with zero attached hydrogens (tertiary/aromatic N) is 4. The van der Waals surface area contributed by atoms with Gasteiger partial charge in [-0.2, -0.15) is 0 Å². The van der Waals surface area contributed by atoms with Crippen molar-refractivity contribution in [1.29, 1.82) is 0 Å². The third kappa shape index (κ3) is 5.40. The molecule has 0 aliphatic carbocycles. The number of phenolic OH excluding ortho intramolecular Hbond substituents is 1. The summed E-state index contributed by atoms with van der Waals surface area (Å²) in [5.74, 6) is 1.45. The van der Waals surface area contributed by atoms with E-state index in [1.54, 1.807) is 6.07 Å². The number of aromatic hydroxyl groups is 1. The summed E-state index contributed by atoms with van der Waals surface area (Å²) < 4.78 is 0. The van der Waals surface area contributed by atoms with Crippen LogP contribution in [0.2, 0.25) is 0 Å². The second-order valence-electron chi connectivity index (χ2n) is 5.90. The zero-order valence-corrected chi connectivity index (χ0v) is 24.6. The van der Waals surface area contributed by atoms with Gasteiger partial charge in [0.25, 0.3) is 0 Å². The van der Waals surface area contributed by atoms with Crippen molar-refractivity contribution in [2.75, 3.05) is 24.2 Å². The molecule has 146 valence electrons. The second-order valence-corrected chi connectivity index (χ2v) is 5.90. The van der Waals surface area contributed by atoms with Crippen LogP contribution in [0, 0.1) is 21.3 Å². The zero-order valence-electron chi connectivity index (χ0n) is 18.3. The van der Waals surface area contributed by atoms with Gasteiger partial charge in [0.1, 0.15) is 29.2 Å². The van der Waals surface area contributed by atoms with Crippen molar-refractivity contribution < 1.29 is 74.0 Å². The molecule has 0 saturated heterocycles. The first-order chi connectivity index (χ1) is 12.4. The summed E-state index contributed by atoms with van der Waals surface area (Å²) in [4.78, 5) is 15.3. The molecule has 2 heterocycles. The van der Waals surface area contributed by atoms with Crippen LogP contribution in [-0.2, 0) is 0 Å². The molecule has 0 amide bonds. The average molecular weight is 501 g/mol. The molecule has 28 heavy (non-hydrogen) atoms. The van der Waals surface area contributed by atoms with E-state index in [1.807, 2.05) is 51.8 Å². The Bertz CT molecular complexity index is 930. The van der Waals surface area contributed by atoms with Gasteiger partial charge in [-0.25, -0.2) is 15.0 Å². The molecule has 6 nitrogen and oxygen atoms in total. The largest absolute Gasteiger partial charge is 1.00 e. The van der Waals surface area contributed by atoms with Crippen LogP contribution in [0.15, 0.2) is 24.5 Å². The molecule has 3 rings (SSSR count). The van der Waals surface area contributed by atoms with Crippen LogP contribution < -0.4 is 79.5 Å². The van der Waals surface area contributed by atoms with Gasteiger partial charge in [-0.3, -0.25) is 0 Å². The van der Waals surface area contributed by atoms with Crippen molar-refractivity contribution in [3.05, 3.63) is 43.1 Å². The summed E-state index contributed by atoms with van der Waals surface area (Å²) in [7, 11) is 1.97. The van der Waals surface area contributed by atoms with E-state index in [-0.39, 0.29) is 82.1 Å². The van der Waals surface area contributed by atoms with Gasteiger partial charge in [0, 0.05) is 30.1 Å². The second kappa shape index (κ2) is 12.0. The summed E-state index contributed by atoms with van der Waals surface area (Å²) in [5.41, 5.74) is 10.1. The number of hydrogen-bond donors (Lipinski definition) is 2. The number of aromatic nitrogens is 3. The van der Waals surface area contributed by atoms with E-state index in [4.69, 9.17) is 10.7 Å². The topological polar surface area (TPSA) is 88.2 Å². The number of rotatable bonds is 3. The maximum atomic E-state index is 10.1. The van der Waals surface area contributed by atoms with Crippen LogP contribution in [0.1, 0.15) is 31.9 Å². The predicted octanol–water partition coefficient (Wildman–Crippen LogP) is 1.53. The zero-order chi connectivity index (χ0) is 19.4. The van der Waals surface area contributed by atoms with Crippen molar-refractivity contribution in [2.24, 2.45) is 0 Å². The molecule has 7 heteroatoms. The molecule has 0 aliphatic heterocycles. The molecule has 0 radical (unpaired) electrons. The summed E-state index contributed by atoms with van der Waals surface area (Å²) in [6, 6.07) is 5.48. The van der Waals surface area contributed by atoms with Crippen LogP contribution >= 0.6 is 0 Å². The summed E-state index contributed by atoms with van der Waals surface area (Å²) in [6.07, 6.45) is 1.44. The van der Waals surface area contributed by atoms with Gasteiger partial charge >= 0.3 is 68.9 Å².